The number of aromatic nitrogens is 2. The summed E-state index contributed by atoms with van der Waals surface area (Å²) in [4.78, 5) is 30.0. The normalized spacial score (nSPS) is 10.7. The molecule has 27 heavy (non-hydrogen) atoms. The number of hydrogen-bond acceptors (Lipinski definition) is 7. The van der Waals surface area contributed by atoms with Crippen LogP contribution in [0.5, 0.6) is 17.2 Å². The summed E-state index contributed by atoms with van der Waals surface area (Å²) in [5.41, 5.74) is 2.95. The summed E-state index contributed by atoms with van der Waals surface area (Å²) in [6.45, 7) is 1.67. The average molecular weight is 389 g/mol. The van der Waals surface area contributed by atoms with Crippen LogP contribution >= 0.6 is 11.3 Å². The zero-order valence-electron chi connectivity index (χ0n) is 15.4. The maximum atomic E-state index is 12.5. The molecule has 0 aliphatic heterocycles. The van der Waals surface area contributed by atoms with E-state index >= 15 is 0 Å². The number of carbonyl (C=O) groups is 1. The standard InChI is InChI=1S/C18H19N3O5S/c1-10-19-17-12(5-6-27-17)18(23)21(10)20-15(22)9-11-7-13(24-2)16(26-4)14(8-11)25-3/h5-8H,9H2,1-4H3,(H,20,22). The number of methoxy groups -OCH3 is 3. The molecular weight excluding hydrogens is 370 g/mol. The van der Waals surface area contributed by atoms with Crippen LogP contribution in [0.15, 0.2) is 28.4 Å². The third-order valence-corrected chi connectivity index (χ3v) is 4.80. The molecule has 2 aromatic heterocycles. The van der Waals surface area contributed by atoms with Crippen molar-refractivity contribution in [1.82, 2.24) is 9.66 Å². The minimum absolute atomic E-state index is 0.0181. The first-order valence-corrected chi connectivity index (χ1v) is 8.92. The maximum Gasteiger partial charge on any atom is 0.281 e. The predicted octanol–water partition coefficient (Wildman–Crippen LogP) is 2.11. The number of hydrogen-bond donors (Lipinski definition) is 1. The van der Waals surface area contributed by atoms with E-state index in [4.69, 9.17) is 14.2 Å². The monoisotopic (exact) mass is 389 g/mol. The fourth-order valence-electron chi connectivity index (χ4n) is 2.73. The molecule has 1 aromatic carbocycles. The molecular formula is C18H19N3O5S. The first kappa shape index (κ1) is 18.7. The molecule has 0 aliphatic rings. The summed E-state index contributed by atoms with van der Waals surface area (Å²) >= 11 is 1.38. The fourth-order valence-corrected chi connectivity index (χ4v) is 3.53. The highest BCUT2D eigenvalue weighted by Gasteiger charge is 2.16. The van der Waals surface area contributed by atoms with Crippen molar-refractivity contribution in [3.63, 3.8) is 0 Å². The smallest absolute Gasteiger partial charge is 0.281 e. The van der Waals surface area contributed by atoms with Gasteiger partial charge in [-0.15, -0.1) is 11.3 Å². The zero-order valence-corrected chi connectivity index (χ0v) is 16.2. The van der Waals surface area contributed by atoms with Crippen molar-refractivity contribution in [2.45, 2.75) is 13.3 Å². The molecule has 0 saturated heterocycles. The van der Waals surface area contributed by atoms with Crippen LogP contribution in [0.2, 0.25) is 0 Å². The van der Waals surface area contributed by atoms with E-state index in [1.807, 2.05) is 0 Å². The topological polar surface area (TPSA) is 91.7 Å². The van der Waals surface area contributed by atoms with Gasteiger partial charge in [-0.05, 0) is 36.1 Å². The quantitative estimate of drug-likeness (QED) is 0.694. The van der Waals surface area contributed by atoms with E-state index < -0.39 is 0 Å². The molecule has 0 fully saturated rings. The molecule has 0 saturated carbocycles. The molecule has 2 heterocycles. The van der Waals surface area contributed by atoms with Gasteiger partial charge in [0.25, 0.3) is 5.56 Å². The second kappa shape index (κ2) is 7.67. The Bertz CT molecular complexity index is 1030. The van der Waals surface area contributed by atoms with Crippen LogP contribution in [0.3, 0.4) is 0 Å². The van der Waals surface area contributed by atoms with Gasteiger partial charge in [0.1, 0.15) is 10.7 Å². The van der Waals surface area contributed by atoms with E-state index in [0.717, 1.165) is 4.68 Å². The number of nitrogens with one attached hydrogen (secondary N) is 1. The van der Waals surface area contributed by atoms with Crippen molar-refractivity contribution in [2.75, 3.05) is 26.8 Å². The third kappa shape index (κ3) is 3.59. The van der Waals surface area contributed by atoms with Crippen LogP contribution in [0.1, 0.15) is 11.4 Å². The molecule has 9 heteroatoms. The van der Waals surface area contributed by atoms with Crippen LogP contribution < -0.4 is 25.2 Å². The second-order valence-corrected chi connectivity index (χ2v) is 6.58. The van der Waals surface area contributed by atoms with Gasteiger partial charge in [-0.2, -0.15) is 0 Å². The van der Waals surface area contributed by atoms with Crippen molar-refractivity contribution in [1.29, 1.82) is 0 Å². The van der Waals surface area contributed by atoms with Crippen LogP contribution in [0.4, 0.5) is 0 Å². The number of rotatable bonds is 6. The number of carbonyl (C=O) groups excluding carboxylic acids is 1. The predicted molar refractivity (Wildman–Crippen MR) is 103 cm³/mol. The van der Waals surface area contributed by atoms with Crippen LogP contribution in [0, 0.1) is 6.92 Å². The van der Waals surface area contributed by atoms with Gasteiger partial charge in [-0.1, -0.05) is 0 Å². The molecule has 0 unspecified atom stereocenters. The molecule has 0 atom stereocenters. The number of thiophene rings is 1. The lowest BCUT2D eigenvalue weighted by atomic mass is 10.1. The Morgan fingerprint density at radius 3 is 2.44 bits per heavy atom. The third-order valence-electron chi connectivity index (χ3n) is 3.99. The number of amides is 1. The van der Waals surface area contributed by atoms with Crippen LogP contribution in [0.25, 0.3) is 10.2 Å². The summed E-state index contributed by atoms with van der Waals surface area (Å²) in [7, 11) is 4.52. The Morgan fingerprint density at radius 2 is 1.85 bits per heavy atom. The molecule has 0 bridgehead atoms. The van der Waals surface area contributed by atoms with Crippen molar-refractivity contribution < 1.29 is 19.0 Å². The van der Waals surface area contributed by atoms with Crippen LogP contribution in [-0.2, 0) is 11.2 Å². The van der Waals surface area contributed by atoms with E-state index in [1.165, 1.54) is 32.7 Å². The summed E-state index contributed by atoms with van der Waals surface area (Å²) in [5, 5.41) is 2.26. The van der Waals surface area contributed by atoms with Gasteiger partial charge in [0.2, 0.25) is 11.7 Å². The Hall–Kier alpha value is -3.07. The Labute approximate surface area is 159 Å². The SMILES string of the molecule is COc1cc(CC(=O)Nn2c(C)nc3sccc3c2=O)cc(OC)c1OC. The van der Waals surface area contributed by atoms with Crippen molar-refractivity contribution in [3.05, 3.63) is 45.3 Å². The highest BCUT2D eigenvalue weighted by atomic mass is 32.1. The summed E-state index contributed by atoms with van der Waals surface area (Å²) in [5.74, 6) is 1.39. The number of ether oxygens (including phenoxy) is 3. The van der Waals surface area contributed by atoms with Gasteiger partial charge in [0.05, 0.1) is 33.1 Å². The summed E-state index contributed by atoms with van der Waals surface area (Å²) in [6, 6.07) is 5.07. The van der Waals surface area contributed by atoms with Crippen molar-refractivity contribution in [2.24, 2.45) is 0 Å². The van der Waals surface area contributed by atoms with Gasteiger partial charge >= 0.3 is 0 Å². The Morgan fingerprint density at radius 1 is 1.19 bits per heavy atom. The van der Waals surface area contributed by atoms with E-state index in [0.29, 0.717) is 38.9 Å². The second-order valence-electron chi connectivity index (χ2n) is 5.68. The molecule has 1 N–H and O–H groups in total. The van der Waals surface area contributed by atoms with E-state index in [1.54, 1.807) is 30.5 Å². The molecule has 0 spiro atoms. The van der Waals surface area contributed by atoms with Gasteiger partial charge in [0, 0.05) is 0 Å². The van der Waals surface area contributed by atoms with E-state index in [9.17, 15) is 9.59 Å². The lowest BCUT2D eigenvalue weighted by Crippen LogP contribution is -2.36. The number of nitrogens with zero attached hydrogens (tertiary/aromatic N) is 2. The first-order valence-electron chi connectivity index (χ1n) is 8.04. The Balaban J connectivity index is 1.87. The van der Waals surface area contributed by atoms with Gasteiger partial charge in [0.15, 0.2) is 11.5 Å². The lowest BCUT2D eigenvalue weighted by molar-refractivity contribution is -0.116. The molecule has 142 valence electrons. The van der Waals surface area contributed by atoms with E-state index in [-0.39, 0.29) is 17.9 Å². The number of fused-ring (bicyclic) bond motifs is 1. The van der Waals surface area contributed by atoms with Crippen molar-refractivity contribution in [3.8, 4) is 17.2 Å². The summed E-state index contributed by atoms with van der Waals surface area (Å²) < 4.78 is 17.0. The highest BCUT2D eigenvalue weighted by Crippen LogP contribution is 2.38. The van der Waals surface area contributed by atoms with Gasteiger partial charge < -0.3 is 14.2 Å². The molecule has 3 aromatic rings. The largest absolute Gasteiger partial charge is 0.493 e. The Kier molecular flexibility index (Phi) is 5.31. The maximum absolute atomic E-state index is 12.5. The summed E-state index contributed by atoms with van der Waals surface area (Å²) in [6.07, 6.45) is 0.0181. The fraction of sp³-hybridized carbons (Fsp3) is 0.278. The minimum atomic E-state index is -0.370. The minimum Gasteiger partial charge on any atom is -0.493 e. The molecule has 0 aliphatic carbocycles. The van der Waals surface area contributed by atoms with Crippen molar-refractivity contribution >= 4 is 27.5 Å². The number of benzene rings is 1. The molecule has 0 radical (unpaired) electrons. The molecule has 3 rings (SSSR count). The van der Waals surface area contributed by atoms with Gasteiger partial charge in [-0.3, -0.25) is 15.0 Å². The number of aryl methyl sites for hydroxylation is 1. The zero-order chi connectivity index (χ0) is 19.6. The molecule has 8 nitrogen and oxygen atoms in total. The van der Waals surface area contributed by atoms with E-state index in [2.05, 4.69) is 10.4 Å². The average Bonchev–Trinajstić information content (AvgIpc) is 3.12. The first-order chi connectivity index (χ1) is 13.0. The van der Waals surface area contributed by atoms with Gasteiger partial charge in [-0.25, -0.2) is 9.66 Å². The highest BCUT2D eigenvalue weighted by molar-refractivity contribution is 7.16. The van der Waals surface area contributed by atoms with Crippen LogP contribution in [-0.4, -0.2) is 36.9 Å². The lowest BCUT2D eigenvalue weighted by Gasteiger charge is -2.15. The molecule has 1 amide bonds.